The van der Waals surface area contributed by atoms with Crippen molar-refractivity contribution in [2.75, 3.05) is 19.7 Å². The van der Waals surface area contributed by atoms with E-state index >= 15 is 0 Å². The van der Waals surface area contributed by atoms with Gasteiger partial charge in [-0.05, 0) is 19.4 Å². The van der Waals surface area contributed by atoms with Crippen molar-refractivity contribution in [1.82, 2.24) is 4.90 Å². The number of benzene rings is 1. The molecule has 5 heteroatoms. The number of nitrogens with zero attached hydrogens (tertiary/aromatic N) is 1. The SMILES string of the molecule is CCOC(=O)CCN(CC)C(=O)OCc1ccccc1. The van der Waals surface area contributed by atoms with E-state index in [9.17, 15) is 9.59 Å². The van der Waals surface area contributed by atoms with Crippen LogP contribution in [0.25, 0.3) is 0 Å². The van der Waals surface area contributed by atoms with E-state index in [-0.39, 0.29) is 19.0 Å². The van der Waals surface area contributed by atoms with Gasteiger partial charge in [0, 0.05) is 13.1 Å². The highest BCUT2D eigenvalue weighted by Gasteiger charge is 2.15. The number of hydrogen-bond acceptors (Lipinski definition) is 4. The van der Waals surface area contributed by atoms with Crippen LogP contribution in [0.3, 0.4) is 0 Å². The topological polar surface area (TPSA) is 55.8 Å². The molecule has 0 aliphatic rings. The number of carbonyl (C=O) groups is 2. The number of ether oxygens (including phenoxy) is 2. The zero-order valence-corrected chi connectivity index (χ0v) is 12.0. The lowest BCUT2D eigenvalue weighted by atomic mass is 10.2. The van der Waals surface area contributed by atoms with Crippen LogP contribution in [0.4, 0.5) is 4.79 Å². The van der Waals surface area contributed by atoms with Crippen molar-refractivity contribution in [2.45, 2.75) is 26.9 Å². The van der Waals surface area contributed by atoms with Gasteiger partial charge in [0.2, 0.25) is 0 Å². The average Bonchev–Trinajstić information content (AvgIpc) is 2.47. The fourth-order valence-electron chi connectivity index (χ4n) is 1.65. The molecule has 1 aromatic rings. The molecule has 1 aromatic carbocycles. The normalized spacial score (nSPS) is 9.90. The average molecular weight is 279 g/mol. The molecule has 1 rings (SSSR count). The Morgan fingerprint density at radius 2 is 1.80 bits per heavy atom. The molecule has 0 N–H and O–H groups in total. The van der Waals surface area contributed by atoms with E-state index < -0.39 is 6.09 Å². The maximum Gasteiger partial charge on any atom is 0.410 e. The summed E-state index contributed by atoms with van der Waals surface area (Å²) < 4.78 is 10.0. The predicted octanol–water partition coefficient (Wildman–Crippen LogP) is 2.60. The monoisotopic (exact) mass is 279 g/mol. The Balaban J connectivity index is 2.37. The summed E-state index contributed by atoms with van der Waals surface area (Å²) >= 11 is 0. The van der Waals surface area contributed by atoms with Gasteiger partial charge in [-0.1, -0.05) is 30.3 Å². The largest absolute Gasteiger partial charge is 0.466 e. The summed E-state index contributed by atoms with van der Waals surface area (Å²) in [4.78, 5) is 24.6. The Bertz CT molecular complexity index is 419. The molecule has 0 saturated carbocycles. The van der Waals surface area contributed by atoms with E-state index in [1.54, 1.807) is 6.92 Å². The van der Waals surface area contributed by atoms with Crippen molar-refractivity contribution < 1.29 is 19.1 Å². The van der Waals surface area contributed by atoms with Crippen molar-refractivity contribution in [2.24, 2.45) is 0 Å². The van der Waals surface area contributed by atoms with Crippen LogP contribution in [-0.2, 0) is 20.9 Å². The first-order valence-electron chi connectivity index (χ1n) is 6.78. The number of rotatable bonds is 7. The van der Waals surface area contributed by atoms with Crippen LogP contribution in [0.2, 0.25) is 0 Å². The summed E-state index contributed by atoms with van der Waals surface area (Å²) in [5.41, 5.74) is 0.933. The third-order valence-corrected chi connectivity index (χ3v) is 2.74. The van der Waals surface area contributed by atoms with Gasteiger partial charge in [-0.2, -0.15) is 0 Å². The van der Waals surface area contributed by atoms with Crippen molar-refractivity contribution in [3.05, 3.63) is 35.9 Å². The molecule has 0 fully saturated rings. The molecule has 110 valence electrons. The summed E-state index contributed by atoms with van der Waals surface area (Å²) in [6, 6.07) is 9.47. The highest BCUT2D eigenvalue weighted by Crippen LogP contribution is 2.04. The zero-order chi connectivity index (χ0) is 14.8. The smallest absolute Gasteiger partial charge is 0.410 e. The molecule has 0 heterocycles. The molecule has 0 unspecified atom stereocenters. The van der Waals surface area contributed by atoms with Crippen LogP contribution in [0.1, 0.15) is 25.8 Å². The van der Waals surface area contributed by atoms with Crippen LogP contribution in [0, 0.1) is 0 Å². The maximum absolute atomic E-state index is 11.9. The molecule has 0 bridgehead atoms. The standard InChI is InChI=1S/C15H21NO4/c1-3-16(11-10-14(17)19-4-2)15(18)20-12-13-8-6-5-7-9-13/h5-9H,3-4,10-12H2,1-2H3. The van der Waals surface area contributed by atoms with Crippen LogP contribution < -0.4 is 0 Å². The third-order valence-electron chi connectivity index (χ3n) is 2.74. The van der Waals surface area contributed by atoms with Crippen molar-refractivity contribution in [1.29, 1.82) is 0 Å². The van der Waals surface area contributed by atoms with Gasteiger partial charge in [0.05, 0.1) is 13.0 Å². The Kier molecular flexibility index (Phi) is 7.17. The van der Waals surface area contributed by atoms with Crippen molar-refractivity contribution in [3.8, 4) is 0 Å². The summed E-state index contributed by atoms with van der Waals surface area (Å²) in [5, 5.41) is 0. The first-order chi connectivity index (χ1) is 9.67. The molecule has 0 spiro atoms. The highest BCUT2D eigenvalue weighted by molar-refractivity contribution is 5.71. The molecular weight excluding hydrogens is 258 g/mol. The van der Waals surface area contributed by atoms with Crippen LogP contribution in [-0.4, -0.2) is 36.7 Å². The first-order valence-corrected chi connectivity index (χ1v) is 6.78. The maximum atomic E-state index is 11.9. The van der Waals surface area contributed by atoms with Crippen LogP contribution in [0.15, 0.2) is 30.3 Å². The highest BCUT2D eigenvalue weighted by atomic mass is 16.6. The van der Waals surface area contributed by atoms with Gasteiger partial charge in [0.15, 0.2) is 0 Å². The lowest BCUT2D eigenvalue weighted by Crippen LogP contribution is -2.33. The Morgan fingerprint density at radius 3 is 2.40 bits per heavy atom. The second kappa shape index (κ2) is 8.96. The third kappa shape index (κ3) is 5.73. The summed E-state index contributed by atoms with van der Waals surface area (Å²) in [7, 11) is 0. The quantitative estimate of drug-likeness (QED) is 0.720. The van der Waals surface area contributed by atoms with E-state index in [1.165, 1.54) is 4.90 Å². The predicted molar refractivity (Wildman–Crippen MR) is 75.1 cm³/mol. The minimum atomic E-state index is -0.416. The van der Waals surface area contributed by atoms with Crippen molar-refractivity contribution >= 4 is 12.1 Å². The molecule has 0 aromatic heterocycles. The molecule has 1 amide bonds. The Morgan fingerprint density at radius 1 is 1.10 bits per heavy atom. The number of amides is 1. The minimum absolute atomic E-state index is 0.183. The number of carbonyl (C=O) groups excluding carboxylic acids is 2. The zero-order valence-electron chi connectivity index (χ0n) is 12.0. The van der Waals surface area contributed by atoms with E-state index in [4.69, 9.17) is 9.47 Å². The molecule has 5 nitrogen and oxygen atoms in total. The molecular formula is C15H21NO4. The molecule has 0 atom stereocenters. The molecule has 0 aliphatic heterocycles. The lowest BCUT2D eigenvalue weighted by Gasteiger charge is -2.19. The van der Waals surface area contributed by atoms with Gasteiger partial charge in [0.1, 0.15) is 6.61 Å². The van der Waals surface area contributed by atoms with Crippen LogP contribution in [0.5, 0.6) is 0 Å². The van der Waals surface area contributed by atoms with Gasteiger partial charge in [-0.3, -0.25) is 4.79 Å². The van der Waals surface area contributed by atoms with Gasteiger partial charge < -0.3 is 14.4 Å². The summed E-state index contributed by atoms with van der Waals surface area (Å²) in [6.07, 6.45) is -0.233. The number of esters is 1. The van der Waals surface area contributed by atoms with E-state index in [0.29, 0.717) is 19.7 Å². The van der Waals surface area contributed by atoms with Gasteiger partial charge in [-0.15, -0.1) is 0 Å². The fourth-order valence-corrected chi connectivity index (χ4v) is 1.65. The fraction of sp³-hybridized carbons (Fsp3) is 0.467. The second-order valence-corrected chi connectivity index (χ2v) is 4.17. The van der Waals surface area contributed by atoms with E-state index in [2.05, 4.69) is 0 Å². The Labute approximate surface area is 119 Å². The lowest BCUT2D eigenvalue weighted by molar-refractivity contribution is -0.143. The molecule has 20 heavy (non-hydrogen) atoms. The number of hydrogen-bond donors (Lipinski definition) is 0. The van der Waals surface area contributed by atoms with Crippen molar-refractivity contribution in [3.63, 3.8) is 0 Å². The van der Waals surface area contributed by atoms with E-state index in [0.717, 1.165) is 5.56 Å². The first kappa shape index (κ1) is 16.0. The van der Waals surface area contributed by atoms with Crippen LogP contribution >= 0.6 is 0 Å². The van der Waals surface area contributed by atoms with E-state index in [1.807, 2.05) is 37.3 Å². The Hall–Kier alpha value is -2.04. The van der Waals surface area contributed by atoms with Gasteiger partial charge in [-0.25, -0.2) is 4.79 Å². The summed E-state index contributed by atoms with van der Waals surface area (Å²) in [5.74, 6) is -0.304. The van der Waals surface area contributed by atoms with Gasteiger partial charge >= 0.3 is 12.1 Å². The molecule has 0 aliphatic carbocycles. The molecule has 0 radical (unpaired) electrons. The second-order valence-electron chi connectivity index (χ2n) is 4.17. The minimum Gasteiger partial charge on any atom is -0.466 e. The summed E-state index contributed by atoms with van der Waals surface area (Å²) in [6.45, 7) is 4.98. The van der Waals surface area contributed by atoms with Gasteiger partial charge in [0.25, 0.3) is 0 Å². The molecule has 0 saturated heterocycles.